The van der Waals surface area contributed by atoms with Gasteiger partial charge in [-0.25, -0.2) is 0 Å². The maximum atomic E-state index is 9.01. The zero-order valence-corrected chi connectivity index (χ0v) is 11.8. The summed E-state index contributed by atoms with van der Waals surface area (Å²) < 4.78 is 0.934. The molecule has 1 N–H and O–H groups in total. The Morgan fingerprint density at radius 3 is 3.06 bits per heavy atom. The number of rotatable bonds is 4. The Morgan fingerprint density at radius 1 is 1.47 bits per heavy atom. The highest BCUT2D eigenvalue weighted by Crippen LogP contribution is 2.27. The van der Waals surface area contributed by atoms with Gasteiger partial charge in [-0.2, -0.15) is 0 Å². The normalized spacial score (nSPS) is 12.9. The third kappa shape index (κ3) is 3.18. The molecule has 1 unspecified atom stereocenters. The molecule has 2 rings (SSSR count). The number of hydrogen-bond donors (Lipinski definition) is 1. The van der Waals surface area contributed by atoms with Gasteiger partial charge in [0.1, 0.15) is 5.52 Å². The van der Waals surface area contributed by atoms with Crippen LogP contribution in [0.15, 0.2) is 33.9 Å². The van der Waals surface area contributed by atoms with Crippen molar-refractivity contribution in [1.82, 2.24) is 9.97 Å². The van der Waals surface area contributed by atoms with Crippen molar-refractivity contribution >= 4 is 38.7 Å². The molecule has 0 saturated carbocycles. The molecule has 5 heteroatoms. The Kier molecular flexibility index (Phi) is 4.36. The fourth-order valence-electron chi connectivity index (χ4n) is 1.38. The zero-order valence-electron chi connectivity index (χ0n) is 9.43. The van der Waals surface area contributed by atoms with E-state index in [1.54, 1.807) is 24.2 Å². The molecule has 0 aliphatic rings. The van der Waals surface area contributed by atoms with Gasteiger partial charge < -0.3 is 5.11 Å². The average Bonchev–Trinajstić information content (AvgIpc) is 2.35. The van der Waals surface area contributed by atoms with Gasteiger partial charge in [-0.3, -0.25) is 9.97 Å². The van der Waals surface area contributed by atoms with Crippen LogP contribution in [0.1, 0.15) is 6.92 Å². The monoisotopic (exact) mass is 312 g/mol. The molecule has 0 aliphatic carbocycles. The van der Waals surface area contributed by atoms with Crippen molar-refractivity contribution in [3.63, 3.8) is 0 Å². The van der Waals surface area contributed by atoms with E-state index in [1.807, 2.05) is 19.1 Å². The molecule has 0 amide bonds. The molecule has 2 aromatic rings. The first-order valence-electron chi connectivity index (χ1n) is 5.34. The summed E-state index contributed by atoms with van der Waals surface area (Å²) in [6.45, 7) is 2.25. The van der Waals surface area contributed by atoms with Crippen LogP contribution in [0.4, 0.5) is 0 Å². The predicted octanol–water partition coefficient (Wildman–Crippen LogP) is 3.11. The largest absolute Gasteiger partial charge is 0.396 e. The number of fused-ring (bicyclic) bond motifs is 1. The van der Waals surface area contributed by atoms with E-state index < -0.39 is 0 Å². The predicted molar refractivity (Wildman–Crippen MR) is 74.2 cm³/mol. The quantitative estimate of drug-likeness (QED) is 0.881. The summed E-state index contributed by atoms with van der Waals surface area (Å²) in [6.07, 6.45) is 3.58. The number of aromatic nitrogens is 2. The molecular formula is C12H13BrN2OS. The molecule has 17 heavy (non-hydrogen) atoms. The van der Waals surface area contributed by atoms with Crippen molar-refractivity contribution < 1.29 is 5.11 Å². The zero-order chi connectivity index (χ0) is 12.3. The summed E-state index contributed by atoms with van der Waals surface area (Å²) in [4.78, 5) is 9.80. The van der Waals surface area contributed by atoms with Gasteiger partial charge >= 0.3 is 0 Å². The van der Waals surface area contributed by atoms with Gasteiger partial charge in [0.25, 0.3) is 0 Å². The topological polar surface area (TPSA) is 46.0 Å². The lowest BCUT2D eigenvalue weighted by molar-refractivity contribution is 0.250. The minimum absolute atomic E-state index is 0.217. The molecule has 2 aromatic heterocycles. The van der Waals surface area contributed by atoms with Crippen molar-refractivity contribution in [3.05, 3.63) is 29.0 Å². The number of aliphatic hydroxyl groups excluding tert-OH is 1. The third-order valence-electron chi connectivity index (χ3n) is 2.34. The third-order valence-corrected chi connectivity index (χ3v) is 4.15. The maximum absolute atomic E-state index is 9.01. The van der Waals surface area contributed by atoms with Gasteiger partial charge in [-0.1, -0.05) is 6.92 Å². The van der Waals surface area contributed by atoms with E-state index in [0.29, 0.717) is 5.92 Å². The van der Waals surface area contributed by atoms with Crippen LogP contribution < -0.4 is 0 Å². The molecule has 1 atom stereocenters. The lowest BCUT2D eigenvalue weighted by Gasteiger charge is -2.08. The number of hydrogen-bond acceptors (Lipinski definition) is 4. The van der Waals surface area contributed by atoms with Gasteiger partial charge in [-0.15, -0.1) is 11.8 Å². The SMILES string of the molecule is CC(CO)CSc1ccnc2cc(Br)cnc12. The highest BCUT2D eigenvalue weighted by molar-refractivity contribution is 9.10. The highest BCUT2D eigenvalue weighted by atomic mass is 79.9. The standard InChI is InChI=1S/C12H13BrN2OS/c1-8(6-16)7-17-11-2-3-14-10-4-9(13)5-15-12(10)11/h2-5,8,16H,6-7H2,1H3. The minimum Gasteiger partial charge on any atom is -0.396 e. The molecule has 0 aliphatic heterocycles. The maximum Gasteiger partial charge on any atom is 0.102 e. The summed E-state index contributed by atoms with van der Waals surface area (Å²) in [7, 11) is 0. The van der Waals surface area contributed by atoms with Gasteiger partial charge in [0, 0.05) is 34.1 Å². The first-order chi connectivity index (χ1) is 8.20. The lowest BCUT2D eigenvalue weighted by atomic mass is 10.2. The van der Waals surface area contributed by atoms with Gasteiger partial charge in [0.05, 0.1) is 5.52 Å². The van der Waals surface area contributed by atoms with Crippen LogP contribution in [0.25, 0.3) is 11.0 Å². The first-order valence-corrected chi connectivity index (χ1v) is 7.12. The Morgan fingerprint density at radius 2 is 2.29 bits per heavy atom. The Bertz CT molecular complexity index is 521. The van der Waals surface area contributed by atoms with Crippen LogP contribution >= 0.6 is 27.7 Å². The Balaban J connectivity index is 2.28. The van der Waals surface area contributed by atoms with Crippen LogP contribution in [0.2, 0.25) is 0 Å². The van der Waals surface area contributed by atoms with E-state index in [-0.39, 0.29) is 6.61 Å². The summed E-state index contributed by atoms with van der Waals surface area (Å²) in [5.41, 5.74) is 1.81. The summed E-state index contributed by atoms with van der Waals surface area (Å²) >= 11 is 5.10. The van der Waals surface area contributed by atoms with Crippen molar-refractivity contribution in [2.75, 3.05) is 12.4 Å². The average molecular weight is 313 g/mol. The van der Waals surface area contributed by atoms with E-state index in [1.165, 1.54) is 0 Å². The van der Waals surface area contributed by atoms with E-state index in [2.05, 4.69) is 25.9 Å². The molecule has 0 aromatic carbocycles. The first kappa shape index (κ1) is 12.8. The van der Waals surface area contributed by atoms with Crippen molar-refractivity contribution in [2.45, 2.75) is 11.8 Å². The molecular weight excluding hydrogens is 300 g/mol. The molecule has 0 saturated heterocycles. The highest BCUT2D eigenvalue weighted by Gasteiger charge is 2.07. The van der Waals surface area contributed by atoms with Crippen LogP contribution in [0, 0.1) is 5.92 Å². The summed E-state index contributed by atoms with van der Waals surface area (Å²) in [6, 6.07) is 3.93. The Hall–Kier alpha value is -0.650. The smallest absolute Gasteiger partial charge is 0.102 e. The number of nitrogens with zero attached hydrogens (tertiary/aromatic N) is 2. The number of thioether (sulfide) groups is 1. The van der Waals surface area contributed by atoms with E-state index in [4.69, 9.17) is 5.11 Å². The minimum atomic E-state index is 0.217. The van der Waals surface area contributed by atoms with Crippen molar-refractivity contribution in [3.8, 4) is 0 Å². The molecule has 0 spiro atoms. The molecule has 90 valence electrons. The Labute approximate surface area is 113 Å². The summed E-state index contributed by atoms with van der Waals surface area (Å²) in [5.74, 6) is 1.17. The second-order valence-electron chi connectivity index (χ2n) is 3.93. The number of pyridine rings is 2. The van der Waals surface area contributed by atoms with E-state index >= 15 is 0 Å². The van der Waals surface area contributed by atoms with Gasteiger partial charge in [0.2, 0.25) is 0 Å². The number of halogens is 1. The van der Waals surface area contributed by atoms with Crippen molar-refractivity contribution in [1.29, 1.82) is 0 Å². The second kappa shape index (κ2) is 5.80. The van der Waals surface area contributed by atoms with E-state index in [9.17, 15) is 0 Å². The van der Waals surface area contributed by atoms with Crippen LogP contribution in [-0.4, -0.2) is 27.4 Å². The lowest BCUT2D eigenvalue weighted by Crippen LogP contribution is -2.03. The van der Waals surface area contributed by atoms with Crippen molar-refractivity contribution in [2.24, 2.45) is 5.92 Å². The molecule has 0 radical (unpaired) electrons. The van der Waals surface area contributed by atoms with E-state index in [0.717, 1.165) is 26.2 Å². The fraction of sp³-hybridized carbons (Fsp3) is 0.333. The molecule has 0 fully saturated rings. The van der Waals surface area contributed by atoms with Crippen LogP contribution in [0.3, 0.4) is 0 Å². The summed E-state index contributed by atoms with van der Waals surface area (Å²) in [5, 5.41) is 9.01. The second-order valence-corrected chi connectivity index (χ2v) is 5.91. The molecule has 2 heterocycles. The van der Waals surface area contributed by atoms with Gasteiger partial charge in [-0.05, 0) is 34.0 Å². The number of aliphatic hydroxyl groups is 1. The molecule has 3 nitrogen and oxygen atoms in total. The fourth-order valence-corrected chi connectivity index (χ4v) is 2.72. The molecule has 0 bridgehead atoms. The van der Waals surface area contributed by atoms with Crippen LogP contribution in [-0.2, 0) is 0 Å². The van der Waals surface area contributed by atoms with Gasteiger partial charge in [0.15, 0.2) is 0 Å². The van der Waals surface area contributed by atoms with Crippen LogP contribution in [0.5, 0.6) is 0 Å².